The lowest BCUT2D eigenvalue weighted by Crippen LogP contribution is -2.43. The standard InChI is InChI=1S/C8H12O3/c9-7(10)8(11)4-5-1-2-6(8)3-5/h5-6,11H,1-4H2,(H,9,10)/t5-,6+,8-/m1/s1. The topological polar surface area (TPSA) is 57.5 Å². The number of aliphatic hydroxyl groups is 1. The lowest BCUT2D eigenvalue weighted by atomic mass is 9.84. The second-order valence-corrected chi connectivity index (χ2v) is 3.81. The molecule has 0 aromatic rings. The van der Waals surface area contributed by atoms with E-state index in [0.29, 0.717) is 12.3 Å². The van der Waals surface area contributed by atoms with Crippen molar-refractivity contribution in [2.45, 2.75) is 31.3 Å². The Balaban J connectivity index is 2.23. The first-order valence-corrected chi connectivity index (χ1v) is 4.08. The summed E-state index contributed by atoms with van der Waals surface area (Å²) >= 11 is 0. The third-order valence-corrected chi connectivity index (χ3v) is 3.19. The van der Waals surface area contributed by atoms with Gasteiger partial charge in [0.2, 0.25) is 0 Å². The highest BCUT2D eigenvalue weighted by atomic mass is 16.4. The molecule has 62 valence electrons. The van der Waals surface area contributed by atoms with Crippen LogP contribution in [0, 0.1) is 11.8 Å². The highest BCUT2D eigenvalue weighted by molar-refractivity contribution is 5.78. The predicted octanol–water partition coefficient (Wildman–Crippen LogP) is 0.622. The van der Waals surface area contributed by atoms with E-state index < -0.39 is 11.6 Å². The smallest absolute Gasteiger partial charge is 0.335 e. The first-order valence-electron chi connectivity index (χ1n) is 4.08. The number of fused-ring (bicyclic) bond motifs is 2. The largest absolute Gasteiger partial charge is 0.479 e. The Labute approximate surface area is 65.0 Å². The molecule has 0 aromatic carbocycles. The summed E-state index contributed by atoms with van der Waals surface area (Å²) < 4.78 is 0. The highest BCUT2D eigenvalue weighted by Crippen LogP contribution is 2.50. The van der Waals surface area contributed by atoms with Gasteiger partial charge >= 0.3 is 5.97 Å². The number of rotatable bonds is 1. The van der Waals surface area contributed by atoms with Crippen molar-refractivity contribution < 1.29 is 15.0 Å². The second kappa shape index (κ2) is 1.97. The minimum atomic E-state index is -1.37. The summed E-state index contributed by atoms with van der Waals surface area (Å²) in [6.45, 7) is 0. The average Bonchev–Trinajstić information content (AvgIpc) is 2.45. The van der Waals surface area contributed by atoms with E-state index in [1.54, 1.807) is 0 Å². The summed E-state index contributed by atoms with van der Waals surface area (Å²) in [7, 11) is 0. The number of carboxylic acid groups (broad SMARTS) is 1. The van der Waals surface area contributed by atoms with Gasteiger partial charge in [-0.3, -0.25) is 0 Å². The van der Waals surface area contributed by atoms with Gasteiger partial charge in [-0.15, -0.1) is 0 Å². The van der Waals surface area contributed by atoms with Crippen molar-refractivity contribution in [3.63, 3.8) is 0 Å². The summed E-state index contributed by atoms with van der Waals surface area (Å²) in [5, 5.41) is 18.4. The number of carbonyl (C=O) groups is 1. The number of hydrogen-bond acceptors (Lipinski definition) is 2. The molecule has 2 aliphatic rings. The zero-order chi connectivity index (χ0) is 8.06. The van der Waals surface area contributed by atoms with E-state index in [-0.39, 0.29) is 5.92 Å². The van der Waals surface area contributed by atoms with Gasteiger partial charge < -0.3 is 10.2 Å². The molecule has 3 heteroatoms. The van der Waals surface area contributed by atoms with Crippen molar-refractivity contribution in [2.75, 3.05) is 0 Å². The molecule has 0 unspecified atom stereocenters. The van der Waals surface area contributed by atoms with Crippen molar-refractivity contribution in [2.24, 2.45) is 11.8 Å². The number of hydrogen-bond donors (Lipinski definition) is 2. The Morgan fingerprint density at radius 2 is 2.18 bits per heavy atom. The first-order chi connectivity index (χ1) is 5.13. The van der Waals surface area contributed by atoms with Crippen LogP contribution < -0.4 is 0 Å². The van der Waals surface area contributed by atoms with Gasteiger partial charge in [0.1, 0.15) is 0 Å². The Morgan fingerprint density at radius 1 is 1.45 bits per heavy atom. The molecule has 0 heterocycles. The molecule has 3 atom stereocenters. The molecule has 3 nitrogen and oxygen atoms in total. The summed E-state index contributed by atoms with van der Waals surface area (Å²) in [4.78, 5) is 10.7. The summed E-state index contributed by atoms with van der Waals surface area (Å²) in [6.07, 6.45) is 3.41. The monoisotopic (exact) mass is 156 g/mol. The number of carboxylic acids is 1. The molecule has 2 saturated carbocycles. The predicted molar refractivity (Wildman–Crippen MR) is 38.0 cm³/mol. The van der Waals surface area contributed by atoms with Crippen molar-refractivity contribution in [3.8, 4) is 0 Å². The van der Waals surface area contributed by atoms with Crippen LogP contribution in [-0.2, 0) is 4.79 Å². The molecule has 2 rings (SSSR count). The average molecular weight is 156 g/mol. The molecule has 11 heavy (non-hydrogen) atoms. The molecule has 0 amide bonds. The molecule has 0 radical (unpaired) electrons. The molecule has 2 N–H and O–H groups in total. The Hall–Kier alpha value is -0.570. The van der Waals surface area contributed by atoms with E-state index >= 15 is 0 Å². The van der Waals surface area contributed by atoms with Crippen molar-refractivity contribution in [1.29, 1.82) is 0 Å². The molecule has 0 aromatic heterocycles. The fraction of sp³-hybridized carbons (Fsp3) is 0.875. The van der Waals surface area contributed by atoms with Crippen LogP contribution in [0.5, 0.6) is 0 Å². The van der Waals surface area contributed by atoms with Gasteiger partial charge in [-0.05, 0) is 37.5 Å². The minimum Gasteiger partial charge on any atom is -0.479 e. The summed E-state index contributed by atoms with van der Waals surface area (Å²) in [5.74, 6) is -0.518. The third-order valence-electron chi connectivity index (χ3n) is 3.19. The maximum absolute atomic E-state index is 10.7. The van der Waals surface area contributed by atoms with Crippen molar-refractivity contribution in [3.05, 3.63) is 0 Å². The Morgan fingerprint density at radius 3 is 2.45 bits per heavy atom. The fourth-order valence-electron chi connectivity index (χ4n) is 2.56. The van der Waals surface area contributed by atoms with Crippen LogP contribution in [0.15, 0.2) is 0 Å². The van der Waals surface area contributed by atoms with Gasteiger partial charge in [0.05, 0.1) is 0 Å². The van der Waals surface area contributed by atoms with Gasteiger partial charge in [0.15, 0.2) is 5.60 Å². The van der Waals surface area contributed by atoms with E-state index in [4.69, 9.17) is 5.11 Å². The Kier molecular flexibility index (Phi) is 1.27. The van der Waals surface area contributed by atoms with E-state index in [9.17, 15) is 9.90 Å². The highest BCUT2D eigenvalue weighted by Gasteiger charge is 2.54. The molecule has 2 bridgehead atoms. The molecule has 0 saturated heterocycles. The van der Waals surface area contributed by atoms with Crippen LogP contribution in [0.4, 0.5) is 0 Å². The van der Waals surface area contributed by atoms with Crippen molar-refractivity contribution in [1.82, 2.24) is 0 Å². The molecule has 2 fully saturated rings. The van der Waals surface area contributed by atoms with Crippen LogP contribution in [0.1, 0.15) is 25.7 Å². The molecular weight excluding hydrogens is 144 g/mol. The maximum Gasteiger partial charge on any atom is 0.335 e. The van der Waals surface area contributed by atoms with Crippen LogP contribution >= 0.6 is 0 Å². The van der Waals surface area contributed by atoms with Gasteiger partial charge in [-0.25, -0.2) is 4.79 Å². The second-order valence-electron chi connectivity index (χ2n) is 3.81. The molecule has 0 aliphatic heterocycles. The van der Waals surface area contributed by atoms with Gasteiger partial charge in [-0.2, -0.15) is 0 Å². The normalized spacial score (nSPS) is 48.1. The Bertz CT molecular complexity index is 202. The minimum absolute atomic E-state index is 0.0324. The fourth-order valence-corrected chi connectivity index (χ4v) is 2.56. The van der Waals surface area contributed by atoms with Gasteiger partial charge in [-0.1, -0.05) is 0 Å². The van der Waals surface area contributed by atoms with Crippen LogP contribution in [0.2, 0.25) is 0 Å². The molecule has 2 aliphatic carbocycles. The van der Waals surface area contributed by atoms with Crippen LogP contribution in [0.3, 0.4) is 0 Å². The SMILES string of the molecule is O=C(O)[C@@]1(O)C[C@@H]2CC[C@H]1C2. The van der Waals surface area contributed by atoms with Crippen LogP contribution in [0.25, 0.3) is 0 Å². The third kappa shape index (κ3) is 0.805. The summed E-state index contributed by atoms with van der Waals surface area (Å²) in [6, 6.07) is 0. The quantitative estimate of drug-likeness (QED) is 0.585. The van der Waals surface area contributed by atoms with E-state index in [2.05, 4.69) is 0 Å². The van der Waals surface area contributed by atoms with Crippen LogP contribution in [-0.4, -0.2) is 21.8 Å². The lowest BCUT2D eigenvalue weighted by molar-refractivity contribution is -0.164. The molecule has 0 spiro atoms. The zero-order valence-corrected chi connectivity index (χ0v) is 6.29. The van der Waals surface area contributed by atoms with E-state index in [1.807, 2.05) is 0 Å². The lowest BCUT2D eigenvalue weighted by Gasteiger charge is -2.27. The van der Waals surface area contributed by atoms with E-state index in [0.717, 1.165) is 19.3 Å². The summed E-state index contributed by atoms with van der Waals surface area (Å²) in [5.41, 5.74) is -1.37. The van der Waals surface area contributed by atoms with Crippen molar-refractivity contribution >= 4 is 5.97 Å². The van der Waals surface area contributed by atoms with E-state index in [1.165, 1.54) is 0 Å². The first kappa shape index (κ1) is 7.10. The molecular formula is C8H12O3. The maximum atomic E-state index is 10.7. The van der Waals surface area contributed by atoms with Gasteiger partial charge in [0, 0.05) is 0 Å². The number of aliphatic carboxylic acids is 1. The zero-order valence-electron chi connectivity index (χ0n) is 6.29. The van der Waals surface area contributed by atoms with Gasteiger partial charge in [0.25, 0.3) is 0 Å².